The van der Waals surface area contributed by atoms with Crippen LogP contribution < -0.4 is 10.5 Å². The van der Waals surface area contributed by atoms with E-state index < -0.39 is 12.4 Å². The number of rotatable bonds is 5. The quantitative estimate of drug-likeness (QED) is 0.898. The third-order valence-corrected chi connectivity index (χ3v) is 3.19. The zero-order valence-electron chi connectivity index (χ0n) is 10.5. The molecule has 0 spiro atoms. The van der Waals surface area contributed by atoms with E-state index in [1.807, 2.05) is 0 Å². The normalized spacial score (nSPS) is 19.0. The minimum Gasteiger partial charge on any atom is -0.406 e. The van der Waals surface area contributed by atoms with Crippen LogP contribution in [-0.2, 0) is 4.74 Å². The van der Waals surface area contributed by atoms with Crippen molar-refractivity contribution in [3.05, 3.63) is 29.8 Å². The summed E-state index contributed by atoms with van der Waals surface area (Å²) in [5, 5.41) is 0. The van der Waals surface area contributed by atoms with Gasteiger partial charge in [-0.3, -0.25) is 0 Å². The molecule has 2 unspecified atom stereocenters. The van der Waals surface area contributed by atoms with Crippen molar-refractivity contribution in [1.29, 1.82) is 0 Å². The average molecular weight is 275 g/mol. The van der Waals surface area contributed by atoms with Crippen molar-refractivity contribution in [3.8, 4) is 5.75 Å². The highest BCUT2D eigenvalue weighted by atomic mass is 19.4. The Hall–Kier alpha value is -1.27. The van der Waals surface area contributed by atoms with Crippen LogP contribution in [0.25, 0.3) is 0 Å². The Morgan fingerprint density at radius 3 is 2.53 bits per heavy atom. The maximum Gasteiger partial charge on any atom is 0.573 e. The first-order chi connectivity index (χ1) is 8.90. The fraction of sp³-hybridized carbons (Fsp3) is 0.538. The monoisotopic (exact) mass is 275 g/mol. The number of nitrogens with two attached hydrogens (primary N) is 1. The van der Waals surface area contributed by atoms with Crippen molar-refractivity contribution in [2.75, 3.05) is 7.11 Å². The van der Waals surface area contributed by atoms with Crippen LogP contribution in [0.3, 0.4) is 0 Å². The Labute approximate surface area is 109 Å². The molecule has 0 aliphatic heterocycles. The summed E-state index contributed by atoms with van der Waals surface area (Å²) >= 11 is 0. The third-order valence-electron chi connectivity index (χ3n) is 3.19. The van der Waals surface area contributed by atoms with Gasteiger partial charge < -0.3 is 15.2 Å². The van der Waals surface area contributed by atoms with Crippen LogP contribution in [0.15, 0.2) is 24.3 Å². The van der Waals surface area contributed by atoms with Gasteiger partial charge in [0.15, 0.2) is 0 Å². The second-order valence-corrected chi connectivity index (χ2v) is 4.68. The standard InChI is InChI=1S/C13H16F3NO2/c1-18-12(8-5-6-8)11(17)9-3-2-4-10(7-9)19-13(14,15)16/h2-4,7-8,11-12H,5-6,17H2,1H3. The summed E-state index contributed by atoms with van der Waals surface area (Å²) in [6.45, 7) is 0. The molecular weight excluding hydrogens is 259 g/mol. The number of halogens is 3. The molecule has 1 aliphatic carbocycles. The highest BCUT2D eigenvalue weighted by Crippen LogP contribution is 2.39. The van der Waals surface area contributed by atoms with E-state index in [1.54, 1.807) is 13.2 Å². The molecule has 1 aliphatic rings. The van der Waals surface area contributed by atoms with Gasteiger partial charge in [-0.05, 0) is 36.5 Å². The molecule has 0 saturated heterocycles. The van der Waals surface area contributed by atoms with Gasteiger partial charge in [0.05, 0.1) is 12.1 Å². The van der Waals surface area contributed by atoms with Gasteiger partial charge in [-0.1, -0.05) is 12.1 Å². The first kappa shape index (κ1) is 14.1. The molecule has 106 valence electrons. The summed E-state index contributed by atoms with van der Waals surface area (Å²) < 4.78 is 45.7. The van der Waals surface area contributed by atoms with Gasteiger partial charge in [-0.2, -0.15) is 0 Å². The lowest BCUT2D eigenvalue weighted by atomic mass is 9.99. The van der Waals surface area contributed by atoms with Gasteiger partial charge in [0, 0.05) is 7.11 Å². The second-order valence-electron chi connectivity index (χ2n) is 4.68. The lowest BCUT2D eigenvalue weighted by Gasteiger charge is -2.23. The van der Waals surface area contributed by atoms with Gasteiger partial charge in [0.25, 0.3) is 0 Å². The molecule has 19 heavy (non-hydrogen) atoms. The lowest BCUT2D eigenvalue weighted by molar-refractivity contribution is -0.274. The molecule has 0 amide bonds. The molecule has 6 heteroatoms. The predicted molar refractivity (Wildman–Crippen MR) is 63.6 cm³/mol. The summed E-state index contributed by atoms with van der Waals surface area (Å²) in [6.07, 6.45) is -2.77. The van der Waals surface area contributed by atoms with Crippen LogP contribution >= 0.6 is 0 Å². The van der Waals surface area contributed by atoms with E-state index in [1.165, 1.54) is 18.2 Å². The van der Waals surface area contributed by atoms with E-state index in [0.717, 1.165) is 12.8 Å². The van der Waals surface area contributed by atoms with Crippen molar-refractivity contribution in [1.82, 2.24) is 0 Å². The molecule has 0 aromatic heterocycles. The van der Waals surface area contributed by atoms with Crippen LogP contribution in [0.2, 0.25) is 0 Å². The molecule has 0 radical (unpaired) electrons. The summed E-state index contributed by atoms with van der Waals surface area (Å²) in [7, 11) is 1.57. The first-order valence-electron chi connectivity index (χ1n) is 6.05. The van der Waals surface area contributed by atoms with Crippen LogP contribution in [0.4, 0.5) is 13.2 Å². The van der Waals surface area contributed by atoms with Crippen molar-refractivity contribution in [2.24, 2.45) is 11.7 Å². The zero-order chi connectivity index (χ0) is 14.0. The van der Waals surface area contributed by atoms with Crippen molar-refractivity contribution >= 4 is 0 Å². The molecule has 1 fully saturated rings. The van der Waals surface area contributed by atoms with Crippen LogP contribution in [0.5, 0.6) is 5.75 Å². The fourth-order valence-electron chi connectivity index (χ4n) is 2.17. The van der Waals surface area contributed by atoms with E-state index in [2.05, 4.69) is 4.74 Å². The summed E-state index contributed by atoms with van der Waals surface area (Å²) in [4.78, 5) is 0. The van der Waals surface area contributed by atoms with Crippen molar-refractivity contribution < 1.29 is 22.6 Å². The topological polar surface area (TPSA) is 44.5 Å². The minimum atomic E-state index is -4.69. The fourth-order valence-corrected chi connectivity index (χ4v) is 2.17. The van der Waals surface area contributed by atoms with Gasteiger partial charge in [-0.25, -0.2) is 0 Å². The Bertz CT molecular complexity index is 432. The van der Waals surface area contributed by atoms with E-state index in [0.29, 0.717) is 11.5 Å². The highest BCUT2D eigenvalue weighted by molar-refractivity contribution is 5.31. The van der Waals surface area contributed by atoms with Crippen molar-refractivity contribution in [3.63, 3.8) is 0 Å². The zero-order valence-corrected chi connectivity index (χ0v) is 10.5. The van der Waals surface area contributed by atoms with Crippen LogP contribution in [0.1, 0.15) is 24.4 Å². The molecule has 0 bridgehead atoms. The molecule has 0 heterocycles. The number of hydrogen-bond acceptors (Lipinski definition) is 3. The van der Waals surface area contributed by atoms with Crippen LogP contribution in [0, 0.1) is 5.92 Å². The van der Waals surface area contributed by atoms with Gasteiger partial charge >= 0.3 is 6.36 Å². The Morgan fingerprint density at radius 1 is 1.32 bits per heavy atom. The average Bonchev–Trinajstić information content (AvgIpc) is 3.12. The highest BCUT2D eigenvalue weighted by Gasteiger charge is 2.36. The summed E-state index contributed by atoms with van der Waals surface area (Å²) in [5.41, 5.74) is 6.65. The molecular formula is C13H16F3NO2. The maximum atomic E-state index is 12.2. The van der Waals surface area contributed by atoms with Crippen LogP contribution in [-0.4, -0.2) is 19.6 Å². The molecule has 1 aromatic carbocycles. The Morgan fingerprint density at radius 2 is 2.00 bits per heavy atom. The number of ether oxygens (including phenoxy) is 2. The van der Waals surface area contributed by atoms with Crippen molar-refractivity contribution in [2.45, 2.75) is 31.3 Å². The Kier molecular flexibility index (Phi) is 4.01. The number of alkyl halides is 3. The molecule has 2 atom stereocenters. The number of methoxy groups -OCH3 is 1. The second kappa shape index (κ2) is 5.38. The first-order valence-corrected chi connectivity index (χ1v) is 6.05. The Balaban J connectivity index is 2.13. The largest absolute Gasteiger partial charge is 0.573 e. The van der Waals surface area contributed by atoms with E-state index in [9.17, 15) is 13.2 Å². The third kappa shape index (κ3) is 3.84. The lowest BCUT2D eigenvalue weighted by Crippen LogP contribution is -2.30. The SMILES string of the molecule is COC(C1CC1)C(N)c1cccc(OC(F)(F)F)c1. The number of hydrogen-bond donors (Lipinski definition) is 1. The minimum absolute atomic E-state index is 0.166. The van der Waals surface area contributed by atoms with E-state index >= 15 is 0 Å². The smallest absolute Gasteiger partial charge is 0.406 e. The molecule has 2 rings (SSSR count). The van der Waals surface area contributed by atoms with Gasteiger partial charge in [-0.15, -0.1) is 13.2 Å². The van der Waals surface area contributed by atoms with Gasteiger partial charge in [0.1, 0.15) is 5.75 Å². The molecule has 1 saturated carbocycles. The summed E-state index contributed by atoms with van der Waals surface area (Å²) in [5.74, 6) is 0.137. The molecule has 3 nitrogen and oxygen atoms in total. The van der Waals surface area contributed by atoms with E-state index in [-0.39, 0.29) is 11.9 Å². The van der Waals surface area contributed by atoms with Gasteiger partial charge in [0.2, 0.25) is 0 Å². The molecule has 2 N–H and O–H groups in total. The molecule has 1 aromatic rings. The number of benzene rings is 1. The predicted octanol–water partition coefficient (Wildman–Crippen LogP) is 3.01. The summed E-state index contributed by atoms with van der Waals surface area (Å²) in [6, 6.07) is 5.29. The van der Waals surface area contributed by atoms with E-state index in [4.69, 9.17) is 10.5 Å². The maximum absolute atomic E-state index is 12.2.